The van der Waals surface area contributed by atoms with Crippen LogP contribution >= 0.6 is 15.9 Å². The van der Waals surface area contributed by atoms with Crippen LogP contribution in [0.1, 0.15) is 0 Å². The van der Waals surface area contributed by atoms with Crippen LogP contribution in [0.25, 0.3) is 16.9 Å². The van der Waals surface area contributed by atoms with Crippen LogP contribution in [0.3, 0.4) is 0 Å². The van der Waals surface area contributed by atoms with Crippen LogP contribution in [0.15, 0.2) is 71.3 Å². The molecule has 0 aliphatic rings. The number of hydrogen-bond acceptors (Lipinski definition) is 4. The highest BCUT2D eigenvalue weighted by Crippen LogP contribution is 2.36. The summed E-state index contributed by atoms with van der Waals surface area (Å²) in [6.45, 7) is 0. The smallest absolute Gasteiger partial charge is 0.161 e. The predicted octanol–water partition coefficient (Wildman–Crippen LogP) is 5.52. The Kier molecular flexibility index (Phi) is 4.73. The SMILES string of the molecule is COc1ccc(-c2nc3ccccn3c2Nc2ccc(Br)cc2)cc1OC. The van der Waals surface area contributed by atoms with Crippen LogP contribution in [-0.4, -0.2) is 23.6 Å². The molecule has 0 aliphatic carbocycles. The Bertz CT molecular complexity index is 1090. The van der Waals surface area contributed by atoms with Gasteiger partial charge in [-0.1, -0.05) is 22.0 Å². The van der Waals surface area contributed by atoms with E-state index >= 15 is 0 Å². The Hall–Kier alpha value is -2.99. The van der Waals surface area contributed by atoms with Crippen LogP contribution in [0.5, 0.6) is 11.5 Å². The molecule has 0 atom stereocenters. The van der Waals surface area contributed by atoms with Gasteiger partial charge in [0.15, 0.2) is 11.5 Å². The van der Waals surface area contributed by atoms with Gasteiger partial charge in [-0.25, -0.2) is 4.98 Å². The first kappa shape index (κ1) is 17.4. The minimum atomic E-state index is 0.668. The number of fused-ring (bicyclic) bond motifs is 1. The molecule has 0 saturated heterocycles. The fourth-order valence-electron chi connectivity index (χ4n) is 2.97. The molecule has 2 aromatic carbocycles. The van der Waals surface area contributed by atoms with E-state index in [0.717, 1.165) is 32.9 Å². The first-order valence-electron chi connectivity index (χ1n) is 8.41. The van der Waals surface area contributed by atoms with E-state index in [0.29, 0.717) is 11.5 Å². The fraction of sp³-hybridized carbons (Fsp3) is 0.0952. The number of halogens is 1. The Morgan fingerprint density at radius 3 is 2.44 bits per heavy atom. The van der Waals surface area contributed by atoms with Crippen molar-refractivity contribution in [1.29, 1.82) is 0 Å². The van der Waals surface area contributed by atoms with Crippen molar-refractivity contribution in [2.24, 2.45) is 0 Å². The van der Waals surface area contributed by atoms with Gasteiger partial charge in [0.2, 0.25) is 0 Å². The topological polar surface area (TPSA) is 47.8 Å². The van der Waals surface area contributed by atoms with Gasteiger partial charge in [0.05, 0.1) is 14.2 Å². The number of aromatic nitrogens is 2. The molecule has 27 heavy (non-hydrogen) atoms. The van der Waals surface area contributed by atoms with Crippen LogP contribution in [-0.2, 0) is 0 Å². The first-order valence-corrected chi connectivity index (χ1v) is 9.21. The van der Waals surface area contributed by atoms with E-state index < -0.39 is 0 Å². The lowest BCUT2D eigenvalue weighted by atomic mass is 10.1. The molecule has 4 rings (SSSR count). The van der Waals surface area contributed by atoms with Gasteiger partial charge >= 0.3 is 0 Å². The zero-order chi connectivity index (χ0) is 18.8. The van der Waals surface area contributed by atoms with Crippen molar-refractivity contribution in [2.75, 3.05) is 19.5 Å². The number of ether oxygens (including phenoxy) is 2. The number of hydrogen-bond donors (Lipinski definition) is 1. The number of pyridine rings is 1. The summed E-state index contributed by atoms with van der Waals surface area (Å²) in [6.07, 6.45) is 1.99. The minimum absolute atomic E-state index is 0.668. The second kappa shape index (κ2) is 7.32. The summed E-state index contributed by atoms with van der Waals surface area (Å²) < 4.78 is 13.9. The molecule has 0 saturated carbocycles. The number of nitrogens with zero attached hydrogens (tertiary/aromatic N) is 2. The van der Waals surface area contributed by atoms with Gasteiger partial charge in [0.25, 0.3) is 0 Å². The van der Waals surface area contributed by atoms with Crippen molar-refractivity contribution in [1.82, 2.24) is 9.38 Å². The molecule has 1 N–H and O–H groups in total. The average molecular weight is 424 g/mol. The van der Waals surface area contributed by atoms with Crippen molar-refractivity contribution in [3.05, 3.63) is 71.3 Å². The van der Waals surface area contributed by atoms with Crippen LogP contribution < -0.4 is 14.8 Å². The van der Waals surface area contributed by atoms with Crippen molar-refractivity contribution in [3.8, 4) is 22.8 Å². The Labute approximate surface area is 165 Å². The van der Waals surface area contributed by atoms with Crippen molar-refractivity contribution >= 4 is 33.1 Å². The normalized spacial score (nSPS) is 10.8. The molecular formula is C21H18BrN3O2. The monoisotopic (exact) mass is 423 g/mol. The molecule has 0 spiro atoms. The molecule has 6 heteroatoms. The number of benzene rings is 2. The van der Waals surface area contributed by atoms with E-state index in [1.165, 1.54) is 0 Å². The second-order valence-electron chi connectivity index (χ2n) is 5.94. The Morgan fingerprint density at radius 2 is 1.70 bits per heavy atom. The summed E-state index contributed by atoms with van der Waals surface area (Å²) in [7, 11) is 3.26. The molecule has 5 nitrogen and oxygen atoms in total. The molecule has 0 amide bonds. The molecule has 0 unspecified atom stereocenters. The van der Waals surface area contributed by atoms with Gasteiger partial charge in [-0.15, -0.1) is 0 Å². The Balaban J connectivity index is 1.86. The summed E-state index contributed by atoms with van der Waals surface area (Å²) in [5.74, 6) is 2.24. The number of imidazole rings is 1. The lowest BCUT2D eigenvalue weighted by molar-refractivity contribution is 0.355. The summed E-state index contributed by atoms with van der Waals surface area (Å²) in [5, 5.41) is 3.49. The first-order chi connectivity index (χ1) is 13.2. The highest BCUT2D eigenvalue weighted by Gasteiger charge is 2.16. The maximum absolute atomic E-state index is 5.46. The summed E-state index contributed by atoms with van der Waals surface area (Å²) in [6, 6.07) is 19.8. The highest BCUT2D eigenvalue weighted by atomic mass is 79.9. The van der Waals surface area contributed by atoms with Crippen molar-refractivity contribution in [3.63, 3.8) is 0 Å². The number of nitrogens with one attached hydrogen (secondary N) is 1. The quantitative estimate of drug-likeness (QED) is 0.458. The minimum Gasteiger partial charge on any atom is -0.493 e. The lowest BCUT2D eigenvalue weighted by Crippen LogP contribution is -1.97. The Morgan fingerprint density at radius 1 is 0.926 bits per heavy atom. The summed E-state index contributed by atoms with van der Waals surface area (Å²) >= 11 is 3.47. The molecule has 0 aliphatic heterocycles. The number of rotatable bonds is 5. The lowest BCUT2D eigenvalue weighted by Gasteiger charge is -2.11. The highest BCUT2D eigenvalue weighted by molar-refractivity contribution is 9.10. The zero-order valence-corrected chi connectivity index (χ0v) is 16.5. The largest absolute Gasteiger partial charge is 0.493 e. The van der Waals surface area contributed by atoms with Gasteiger partial charge in [-0.2, -0.15) is 0 Å². The standard InChI is InChI=1S/C21H18BrN3O2/c1-26-17-11-6-14(13-18(17)27-2)20-21(23-16-9-7-15(22)8-10-16)25-12-4-3-5-19(25)24-20/h3-13,23H,1-2H3. The van der Waals surface area contributed by atoms with Crippen LogP contribution in [0.4, 0.5) is 11.5 Å². The summed E-state index contributed by atoms with van der Waals surface area (Å²) in [4.78, 5) is 4.82. The third-order valence-electron chi connectivity index (χ3n) is 4.29. The third kappa shape index (κ3) is 3.36. The molecule has 2 aromatic heterocycles. The maximum Gasteiger partial charge on any atom is 0.161 e. The second-order valence-corrected chi connectivity index (χ2v) is 6.86. The molecule has 0 bridgehead atoms. The molecule has 4 aromatic rings. The molecule has 0 fully saturated rings. The van der Waals surface area contributed by atoms with Crippen molar-refractivity contribution < 1.29 is 9.47 Å². The third-order valence-corrected chi connectivity index (χ3v) is 4.82. The van der Waals surface area contributed by atoms with E-state index in [1.807, 2.05) is 71.3 Å². The maximum atomic E-state index is 5.46. The van der Waals surface area contributed by atoms with E-state index in [9.17, 15) is 0 Å². The van der Waals surface area contributed by atoms with E-state index in [2.05, 4.69) is 21.2 Å². The van der Waals surface area contributed by atoms with Gasteiger partial charge in [0, 0.05) is 21.9 Å². The molecular weight excluding hydrogens is 406 g/mol. The fourth-order valence-corrected chi connectivity index (χ4v) is 3.23. The van der Waals surface area contributed by atoms with Gasteiger partial charge in [-0.05, 0) is 54.6 Å². The van der Waals surface area contributed by atoms with Gasteiger partial charge < -0.3 is 14.8 Å². The van der Waals surface area contributed by atoms with Crippen LogP contribution in [0.2, 0.25) is 0 Å². The molecule has 2 heterocycles. The molecule has 136 valence electrons. The van der Waals surface area contributed by atoms with Crippen molar-refractivity contribution in [2.45, 2.75) is 0 Å². The van der Waals surface area contributed by atoms with Gasteiger partial charge in [0.1, 0.15) is 17.2 Å². The van der Waals surface area contributed by atoms with Crippen LogP contribution in [0, 0.1) is 0 Å². The number of anilines is 2. The summed E-state index contributed by atoms with van der Waals surface area (Å²) in [5.41, 5.74) is 3.62. The van der Waals surface area contributed by atoms with E-state index in [4.69, 9.17) is 14.5 Å². The average Bonchev–Trinajstić information content (AvgIpc) is 3.07. The predicted molar refractivity (Wildman–Crippen MR) is 111 cm³/mol. The van der Waals surface area contributed by atoms with E-state index in [-0.39, 0.29) is 0 Å². The van der Waals surface area contributed by atoms with E-state index in [1.54, 1.807) is 14.2 Å². The zero-order valence-electron chi connectivity index (χ0n) is 14.9. The van der Waals surface area contributed by atoms with Gasteiger partial charge in [-0.3, -0.25) is 4.40 Å². The number of methoxy groups -OCH3 is 2. The molecule has 0 radical (unpaired) electrons.